The Morgan fingerprint density at radius 1 is 1.25 bits per heavy atom. The Bertz CT molecular complexity index is 915. The molecule has 0 saturated heterocycles. The molecule has 6 heteroatoms. The van der Waals surface area contributed by atoms with Crippen LogP contribution >= 0.6 is 0 Å². The quantitative estimate of drug-likeness (QED) is 0.704. The molecule has 1 aromatic heterocycles. The van der Waals surface area contributed by atoms with Gasteiger partial charge in [0.25, 0.3) is 0 Å². The van der Waals surface area contributed by atoms with E-state index in [1.54, 1.807) is 16.8 Å². The third-order valence-corrected chi connectivity index (χ3v) is 4.93. The summed E-state index contributed by atoms with van der Waals surface area (Å²) in [4.78, 5) is 24.9. The van der Waals surface area contributed by atoms with Crippen LogP contribution in [-0.4, -0.2) is 28.0 Å². The Kier molecular flexibility index (Phi) is 5.93. The molecule has 1 amide bonds. The molecular formula is C22H26N4O2. The summed E-state index contributed by atoms with van der Waals surface area (Å²) in [7, 11) is 0. The number of nitrogens with one attached hydrogen (secondary N) is 1. The van der Waals surface area contributed by atoms with Gasteiger partial charge in [-0.2, -0.15) is 10.4 Å². The third kappa shape index (κ3) is 4.14. The number of aromatic nitrogens is 2. The van der Waals surface area contributed by atoms with Gasteiger partial charge in [0.15, 0.2) is 5.78 Å². The van der Waals surface area contributed by atoms with Crippen molar-refractivity contribution in [3.8, 4) is 17.3 Å². The topological polar surface area (TPSA) is 87.8 Å². The fourth-order valence-electron chi connectivity index (χ4n) is 3.40. The van der Waals surface area contributed by atoms with Crippen molar-refractivity contribution in [2.75, 3.05) is 6.54 Å². The minimum Gasteiger partial charge on any atom is -0.356 e. The molecule has 1 aliphatic rings. The second kappa shape index (κ2) is 8.39. The van der Waals surface area contributed by atoms with Crippen molar-refractivity contribution in [3.63, 3.8) is 0 Å². The molecule has 0 atom stereocenters. The average molecular weight is 378 g/mol. The molecule has 6 nitrogen and oxygen atoms in total. The molecule has 1 saturated carbocycles. The van der Waals surface area contributed by atoms with E-state index in [0.717, 1.165) is 29.7 Å². The maximum absolute atomic E-state index is 13.1. The van der Waals surface area contributed by atoms with Gasteiger partial charge in [-0.25, -0.2) is 0 Å². The molecule has 0 spiro atoms. The zero-order chi connectivity index (χ0) is 20.3. The van der Waals surface area contributed by atoms with Crippen LogP contribution in [0, 0.1) is 11.3 Å². The molecule has 1 N–H and O–H groups in total. The van der Waals surface area contributed by atoms with Crippen LogP contribution in [0.2, 0.25) is 0 Å². The zero-order valence-corrected chi connectivity index (χ0v) is 16.7. The zero-order valence-electron chi connectivity index (χ0n) is 16.7. The van der Waals surface area contributed by atoms with E-state index >= 15 is 0 Å². The van der Waals surface area contributed by atoms with Gasteiger partial charge in [0.1, 0.15) is 5.69 Å². The van der Waals surface area contributed by atoms with E-state index in [9.17, 15) is 9.59 Å². The Balaban J connectivity index is 2.00. The van der Waals surface area contributed by atoms with Crippen molar-refractivity contribution < 1.29 is 9.59 Å². The van der Waals surface area contributed by atoms with Gasteiger partial charge in [0, 0.05) is 36.6 Å². The lowest BCUT2D eigenvalue weighted by atomic mass is 9.98. The summed E-state index contributed by atoms with van der Waals surface area (Å²) in [6.45, 7) is 6.44. The summed E-state index contributed by atoms with van der Waals surface area (Å²) in [5.41, 5.74) is 3.97. The van der Waals surface area contributed by atoms with E-state index in [1.165, 1.54) is 0 Å². The molecule has 1 fully saturated rings. The van der Waals surface area contributed by atoms with Crippen LogP contribution in [0.3, 0.4) is 0 Å². The van der Waals surface area contributed by atoms with Gasteiger partial charge in [0.2, 0.25) is 5.91 Å². The lowest BCUT2D eigenvalue weighted by Gasteiger charge is -2.11. The molecule has 0 bridgehead atoms. The first-order valence-electron chi connectivity index (χ1n) is 9.89. The van der Waals surface area contributed by atoms with Crippen molar-refractivity contribution in [1.29, 1.82) is 5.26 Å². The summed E-state index contributed by atoms with van der Waals surface area (Å²) >= 11 is 0. The van der Waals surface area contributed by atoms with Gasteiger partial charge >= 0.3 is 0 Å². The highest BCUT2D eigenvalue weighted by molar-refractivity contribution is 5.99. The summed E-state index contributed by atoms with van der Waals surface area (Å²) in [6, 6.07) is 9.49. The molecule has 0 unspecified atom stereocenters. The Morgan fingerprint density at radius 2 is 1.93 bits per heavy atom. The lowest BCUT2D eigenvalue weighted by molar-refractivity contribution is -0.120. The minimum atomic E-state index is -0.105. The second-order valence-electron chi connectivity index (χ2n) is 7.49. The average Bonchev–Trinajstić information content (AvgIpc) is 3.45. The molecule has 1 aliphatic carbocycles. The largest absolute Gasteiger partial charge is 0.356 e. The summed E-state index contributed by atoms with van der Waals surface area (Å²) in [5.74, 6) is 0.197. The van der Waals surface area contributed by atoms with Gasteiger partial charge < -0.3 is 5.32 Å². The van der Waals surface area contributed by atoms with Crippen LogP contribution in [-0.2, 0) is 4.79 Å². The number of Topliss-reactive ketones (excluding diaryl/α,β-unsaturated/α-hetero) is 1. The van der Waals surface area contributed by atoms with Crippen molar-refractivity contribution in [2.45, 2.75) is 58.4 Å². The van der Waals surface area contributed by atoms with Gasteiger partial charge in [-0.15, -0.1) is 0 Å². The maximum atomic E-state index is 13.1. The first kappa shape index (κ1) is 19.8. The molecule has 3 rings (SSSR count). The number of nitrogens with zero attached hydrogens (tertiary/aromatic N) is 3. The number of benzene rings is 1. The van der Waals surface area contributed by atoms with Crippen LogP contribution in [0.15, 0.2) is 24.3 Å². The predicted octanol–water partition coefficient (Wildman–Crippen LogP) is 3.98. The van der Waals surface area contributed by atoms with Gasteiger partial charge in [-0.3, -0.25) is 14.3 Å². The highest BCUT2D eigenvalue weighted by Gasteiger charge is 2.35. The number of carbonyl (C=O) groups excluding carboxylic acids is 2. The van der Waals surface area contributed by atoms with E-state index in [4.69, 9.17) is 10.4 Å². The number of carbonyl (C=O) groups is 2. The van der Waals surface area contributed by atoms with E-state index in [1.807, 2.05) is 32.9 Å². The Hall–Kier alpha value is -2.94. The number of ketones is 1. The van der Waals surface area contributed by atoms with Gasteiger partial charge in [0.05, 0.1) is 17.3 Å². The number of hydrogen-bond donors (Lipinski definition) is 1. The number of amides is 1. The van der Waals surface area contributed by atoms with Crippen LogP contribution in [0.1, 0.15) is 80.0 Å². The normalized spacial score (nSPS) is 13.4. The lowest BCUT2D eigenvalue weighted by Crippen LogP contribution is -2.23. The van der Waals surface area contributed by atoms with E-state index < -0.39 is 0 Å². The van der Waals surface area contributed by atoms with Crippen molar-refractivity contribution in [3.05, 3.63) is 41.1 Å². The van der Waals surface area contributed by atoms with Gasteiger partial charge in [-0.1, -0.05) is 12.1 Å². The number of rotatable bonds is 8. The highest BCUT2D eigenvalue weighted by Crippen LogP contribution is 2.46. The van der Waals surface area contributed by atoms with E-state index in [-0.39, 0.29) is 30.6 Å². The van der Waals surface area contributed by atoms with E-state index in [2.05, 4.69) is 11.4 Å². The van der Waals surface area contributed by atoms with Gasteiger partial charge in [-0.05, 0) is 51.7 Å². The van der Waals surface area contributed by atoms with Crippen molar-refractivity contribution in [1.82, 2.24) is 15.1 Å². The predicted molar refractivity (Wildman–Crippen MR) is 107 cm³/mol. The smallest absolute Gasteiger partial charge is 0.220 e. The fourth-order valence-corrected chi connectivity index (χ4v) is 3.40. The first-order chi connectivity index (χ1) is 13.5. The molecule has 146 valence electrons. The molecule has 1 aromatic carbocycles. The molecule has 0 radical (unpaired) electrons. The van der Waals surface area contributed by atoms with Crippen LogP contribution in [0.25, 0.3) is 11.3 Å². The highest BCUT2D eigenvalue weighted by atomic mass is 16.2. The maximum Gasteiger partial charge on any atom is 0.220 e. The second-order valence-corrected chi connectivity index (χ2v) is 7.49. The molecule has 2 aromatic rings. The van der Waals surface area contributed by atoms with Crippen molar-refractivity contribution in [2.24, 2.45) is 0 Å². The summed E-state index contributed by atoms with van der Waals surface area (Å²) < 4.78 is 1.81. The van der Waals surface area contributed by atoms with E-state index in [0.29, 0.717) is 23.7 Å². The Morgan fingerprint density at radius 3 is 2.46 bits per heavy atom. The number of nitriles is 1. The molecular weight excluding hydrogens is 352 g/mol. The summed E-state index contributed by atoms with van der Waals surface area (Å²) in [5, 5.41) is 16.6. The molecule has 28 heavy (non-hydrogen) atoms. The standard InChI is InChI=1S/C22H26N4O2/c1-4-24-19(28)12-11-18(27)22-20(16-9-10-16)21(25-26(22)14(2)3)17-7-5-15(13-23)6-8-17/h5-8,14,16H,4,9-12H2,1-3H3,(H,24,28). The SMILES string of the molecule is CCNC(=O)CCC(=O)c1c(C2CC2)c(-c2ccc(C#N)cc2)nn1C(C)C. The monoisotopic (exact) mass is 378 g/mol. The molecule has 1 heterocycles. The third-order valence-electron chi connectivity index (χ3n) is 4.93. The van der Waals surface area contributed by atoms with Crippen LogP contribution in [0.5, 0.6) is 0 Å². The van der Waals surface area contributed by atoms with Crippen molar-refractivity contribution >= 4 is 11.7 Å². The minimum absolute atomic E-state index is 0.0331. The van der Waals surface area contributed by atoms with Crippen LogP contribution < -0.4 is 5.32 Å². The first-order valence-corrected chi connectivity index (χ1v) is 9.89. The Labute approximate surface area is 165 Å². The molecule has 0 aliphatic heterocycles. The van der Waals surface area contributed by atoms with Crippen LogP contribution in [0.4, 0.5) is 0 Å². The summed E-state index contributed by atoms with van der Waals surface area (Å²) in [6.07, 6.45) is 2.45. The number of hydrogen-bond acceptors (Lipinski definition) is 4. The fraction of sp³-hybridized carbons (Fsp3) is 0.455.